The molecule has 8 nitrogen and oxygen atoms in total. The summed E-state index contributed by atoms with van der Waals surface area (Å²) >= 11 is 11.0. The molecule has 0 aliphatic heterocycles. The number of sulfonamides is 1. The van der Waals surface area contributed by atoms with E-state index in [-0.39, 0.29) is 28.2 Å². The lowest BCUT2D eigenvalue weighted by molar-refractivity contribution is 0.0954. The highest BCUT2D eigenvalue weighted by atomic mass is 35.5. The topological polar surface area (TPSA) is 106 Å². The van der Waals surface area contributed by atoms with Crippen molar-refractivity contribution in [2.45, 2.75) is 11.3 Å². The van der Waals surface area contributed by atoms with Crippen LogP contribution in [0.15, 0.2) is 41.3 Å². The molecular weight excluding hydrogens is 450 g/mol. The zero-order valence-corrected chi connectivity index (χ0v) is 19.0. The first kappa shape index (κ1) is 23.7. The maximum Gasteiger partial charge on any atom is 0.267 e. The van der Waals surface area contributed by atoms with Gasteiger partial charge in [-0.3, -0.25) is 9.52 Å². The Kier molecular flexibility index (Phi) is 8.27. The number of thiocarbonyl (C=S) groups is 1. The van der Waals surface area contributed by atoms with Crippen molar-refractivity contribution < 1.29 is 22.7 Å². The standard InChI is InChI=1S/C19H22ClN3O5S2/c1-21-19(29)23-30(25,26)17-10-12(4-7-16(17)28-3)8-9-22-18(24)14-11-13(27-2)5-6-15(14)20/h4-7,10-11H,8-9H2,1-3H3,(H,22,24)(H2,21,23,29). The highest BCUT2D eigenvalue weighted by molar-refractivity contribution is 7.92. The summed E-state index contributed by atoms with van der Waals surface area (Å²) in [5.41, 5.74) is 0.974. The van der Waals surface area contributed by atoms with Gasteiger partial charge in [0.25, 0.3) is 15.9 Å². The Labute approximate surface area is 186 Å². The molecule has 11 heteroatoms. The van der Waals surface area contributed by atoms with Gasteiger partial charge < -0.3 is 20.1 Å². The Morgan fingerprint density at radius 1 is 1.13 bits per heavy atom. The molecule has 162 valence electrons. The van der Waals surface area contributed by atoms with Crippen LogP contribution in [0.3, 0.4) is 0 Å². The molecule has 0 unspecified atom stereocenters. The second-order valence-electron chi connectivity index (χ2n) is 6.02. The van der Waals surface area contributed by atoms with Crippen LogP contribution in [-0.2, 0) is 16.4 Å². The minimum Gasteiger partial charge on any atom is -0.497 e. The fraction of sp³-hybridized carbons (Fsp3) is 0.263. The van der Waals surface area contributed by atoms with Crippen LogP contribution in [0.2, 0.25) is 5.02 Å². The first-order valence-electron chi connectivity index (χ1n) is 8.75. The molecule has 0 spiro atoms. The molecule has 0 aliphatic carbocycles. The lowest BCUT2D eigenvalue weighted by Gasteiger charge is -2.14. The average Bonchev–Trinajstić information content (AvgIpc) is 2.73. The van der Waals surface area contributed by atoms with Gasteiger partial charge in [-0.15, -0.1) is 0 Å². The molecule has 0 atom stereocenters. The Balaban J connectivity index is 2.13. The molecule has 3 N–H and O–H groups in total. The van der Waals surface area contributed by atoms with Crippen molar-refractivity contribution in [2.24, 2.45) is 0 Å². The van der Waals surface area contributed by atoms with Crippen molar-refractivity contribution in [1.29, 1.82) is 0 Å². The summed E-state index contributed by atoms with van der Waals surface area (Å²) in [6.45, 7) is 0.264. The van der Waals surface area contributed by atoms with Gasteiger partial charge in [0.05, 0.1) is 24.8 Å². The van der Waals surface area contributed by atoms with Crippen molar-refractivity contribution in [3.63, 3.8) is 0 Å². The lowest BCUT2D eigenvalue weighted by Crippen LogP contribution is -2.37. The van der Waals surface area contributed by atoms with E-state index in [0.29, 0.717) is 28.3 Å². The third kappa shape index (κ3) is 5.97. The number of carbonyl (C=O) groups excluding carboxylic acids is 1. The van der Waals surface area contributed by atoms with Crippen molar-refractivity contribution in [2.75, 3.05) is 27.8 Å². The van der Waals surface area contributed by atoms with Crippen molar-refractivity contribution in [1.82, 2.24) is 15.4 Å². The smallest absolute Gasteiger partial charge is 0.267 e. The van der Waals surface area contributed by atoms with Crippen LogP contribution in [0.1, 0.15) is 15.9 Å². The maximum atomic E-state index is 12.6. The molecule has 0 fully saturated rings. The Bertz CT molecular complexity index is 1040. The number of hydrogen-bond acceptors (Lipinski definition) is 6. The summed E-state index contributed by atoms with van der Waals surface area (Å²) in [5.74, 6) is 0.333. The Morgan fingerprint density at radius 3 is 2.50 bits per heavy atom. The second-order valence-corrected chi connectivity index (χ2v) is 8.49. The van der Waals surface area contributed by atoms with Crippen molar-refractivity contribution >= 4 is 44.9 Å². The number of methoxy groups -OCH3 is 2. The molecule has 2 aromatic rings. The van der Waals surface area contributed by atoms with E-state index in [1.165, 1.54) is 27.3 Å². The average molecular weight is 472 g/mol. The largest absolute Gasteiger partial charge is 0.497 e. The maximum absolute atomic E-state index is 12.6. The molecule has 2 aromatic carbocycles. The predicted octanol–water partition coefficient (Wildman–Crippen LogP) is 2.11. The van der Waals surface area contributed by atoms with Crippen LogP contribution >= 0.6 is 23.8 Å². The van der Waals surface area contributed by atoms with Crippen LogP contribution in [0.4, 0.5) is 0 Å². The molecule has 0 saturated heterocycles. The number of halogens is 1. The van der Waals surface area contributed by atoms with Gasteiger partial charge in [0.15, 0.2) is 5.11 Å². The van der Waals surface area contributed by atoms with Gasteiger partial charge in [-0.25, -0.2) is 8.42 Å². The summed E-state index contributed by atoms with van der Waals surface area (Å²) in [6.07, 6.45) is 0.385. The van der Waals surface area contributed by atoms with Gasteiger partial charge >= 0.3 is 0 Å². The first-order valence-corrected chi connectivity index (χ1v) is 11.0. The monoisotopic (exact) mass is 471 g/mol. The molecule has 0 radical (unpaired) electrons. The van der Waals surface area contributed by atoms with Gasteiger partial charge in [-0.2, -0.15) is 0 Å². The summed E-state index contributed by atoms with van der Waals surface area (Å²) in [6, 6.07) is 9.53. The van der Waals surface area contributed by atoms with E-state index in [0.717, 1.165) is 0 Å². The Hall–Kier alpha value is -2.56. The minimum atomic E-state index is -3.93. The summed E-state index contributed by atoms with van der Waals surface area (Å²) in [5, 5.41) is 5.58. The molecule has 0 saturated carbocycles. The van der Waals surface area contributed by atoms with Crippen LogP contribution < -0.4 is 24.8 Å². The third-order valence-electron chi connectivity index (χ3n) is 4.09. The minimum absolute atomic E-state index is 0.0371. The summed E-state index contributed by atoms with van der Waals surface area (Å²) < 4.78 is 37.7. The van der Waals surface area contributed by atoms with E-state index in [1.54, 1.807) is 30.3 Å². The number of benzene rings is 2. The quantitative estimate of drug-likeness (QED) is 0.506. The van der Waals surface area contributed by atoms with Gasteiger partial charge in [-0.05, 0) is 54.5 Å². The van der Waals surface area contributed by atoms with E-state index in [4.69, 9.17) is 33.3 Å². The van der Waals surface area contributed by atoms with E-state index in [1.807, 2.05) is 0 Å². The summed E-state index contributed by atoms with van der Waals surface area (Å²) in [7, 11) is 0.454. The number of hydrogen-bond donors (Lipinski definition) is 3. The highest BCUT2D eigenvalue weighted by Crippen LogP contribution is 2.25. The molecule has 0 bridgehead atoms. The zero-order chi connectivity index (χ0) is 22.3. The predicted molar refractivity (Wildman–Crippen MR) is 119 cm³/mol. The number of rotatable bonds is 8. The number of ether oxygens (including phenoxy) is 2. The van der Waals surface area contributed by atoms with Gasteiger partial charge in [-0.1, -0.05) is 17.7 Å². The summed E-state index contributed by atoms with van der Waals surface area (Å²) in [4.78, 5) is 12.4. The number of amides is 1. The molecule has 0 heterocycles. The lowest BCUT2D eigenvalue weighted by atomic mass is 10.1. The van der Waals surface area contributed by atoms with Gasteiger partial charge in [0.2, 0.25) is 0 Å². The highest BCUT2D eigenvalue weighted by Gasteiger charge is 2.21. The normalized spacial score (nSPS) is 10.8. The number of carbonyl (C=O) groups is 1. The molecular formula is C19H22ClN3O5S2. The van der Waals surface area contributed by atoms with Crippen molar-refractivity contribution in [3.8, 4) is 11.5 Å². The van der Waals surface area contributed by atoms with E-state index < -0.39 is 10.0 Å². The first-order chi connectivity index (χ1) is 14.2. The van der Waals surface area contributed by atoms with E-state index in [9.17, 15) is 13.2 Å². The van der Waals surface area contributed by atoms with E-state index >= 15 is 0 Å². The van der Waals surface area contributed by atoms with Gasteiger partial charge in [0.1, 0.15) is 16.4 Å². The fourth-order valence-corrected chi connectivity index (χ4v) is 4.25. The SMILES string of the molecule is CNC(=S)NS(=O)(=O)c1cc(CCNC(=O)c2cc(OC)ccc2Cl)ccc1OC. The van der Waals surface area contributed by atoms with Crippen LogP contribution in [-0.4, -0.2) is 47.2 Å². The van der Waals surface area contributed by atoms with Gasteiger partial charge in [0, 0.05) is 13.6 Å². The molecule has 0 aromatic heterocycles. The number of nitrogens with one attached hydrogen (secondary N) is 3. The fourth-order valence-electron chi connectivity index (χ4n) is 2.54. The third-order valence-corrected chi connectivity index (χ3v) is 6.22. The molecule has 2 rings (SSSR count). The molecule has 0 aliphatic rings. The van der Waals surface area contributed by atoms with Crippen LogP contribution in [0.5, 0.6) is 11.5 Å². The van der Waals surface area contributed by atoms with Crippen LogP contribution in [0, 0.1) is 0 Å². The van der Waals surface area contributed by atoms with Crippen molar-refractivity contribution in [3.05, 3.63) is 52.5 Å². The second kappa shape index (κ2) is 10.5. The molecule has 1 amide bonds. The zero-order valence-electron chi connectivity index (χ0n) is 16.6. The van der Waals surface area contributed by atoms with Crippen LogP contribution in [0.25, 0.3) is 0 Å². The van der Waals surface area contributed by atoms with E-state index in [2.05, 4.69) is 15.4 Å². The Morgan fingerprint density at radius 2 is 1.87 bits per heavy atom. The molecule has 30 heavy (non-hydrogen) atoms.